The van der Waals surface area contributed by atoms with Gasteiger partial charge in [-0.1, -0.05) is 47.6 Å². The molecule has 164 valence electrons. The number of rotatable bonds is 4. The molecule has 0 saturated heterocycles. The fraction of sp³-hybridized carbons (Fsp3) is 0.192. The number of aromatic nitrogens is 1. The maximum Gasteiger partial charge on any atom is 0.300 e. The molecule has 0 spiro atoms. The zero-order chi connectivity index (χ0) is 23.4. The molecule has 0 aliphatic heterocycles. The maximum absolute atomic E-state index is 13.6. The third kappa shape index (κ3) is 4.25. The molecule has 0 radical (unpaired) electrons. The Labute approximate surface area is 186 Å². The highest BCUT2D eigenvalue weighted by Crippen LogP contribution is 2.34. The summed E-state index contributed by atoms with van der Waals surface area (Å²) in [6.07, 6.45) is 0. The highest BCUT2D eigenvalue weighted by molar-refractivity contribution is 6.22. The van der Waals surface area contributed by atoms with Crippen molar-refractivity contribution in [2.45, 2.75) is 34.2 Å². The van der Waals surface area contributed by atoms with Gasteiger partial charge in [0, 0.05) is 46.4 Å². The number of carbonyl (C=O) groups is 2. The summed E-state index contributed by atoms with van der Waals surface area (Å²) in [5.74, 6) is -0.854. The lowest BCUT2D eigenvalue weighted by Gasteiger charge is -2.12. The van der Waals surface area contributed by atoms with Crippen LogP contribution in [0.25, 0.3) is 21.8 Å². The Balaban J connectivity index is 0.000000668. The normalized spacial score (nSPS) is 11.3. The zero-order valence-electron chi connectivity index (χ0n) is 18.6. The van der Waals surface area contributed by atoms with Gasteiger partial charge in [0.25, 0.3) is 5.97 Å². The van der Waals surface area contributed by atoms with E-state index < -0.39 is 5.97 Å². The van der Waals surface area contributed by atoms with Crippen LogP contribution in [-0.2, 0) is 11.3 Å². The Hall–Kier alpha value is -3.93. The topological polar surface area (TPSA) is 91.9 Å². The first-order valence-corrected chi connectivity index (χ1v) is 10.3. The lowest BCUT2D eigenvalue weighted by molar-refractivity contribution is -0.134. The minimum atomic E-state index is -0.833. The number of aliphatic carboxylic acids is 1. The van der Waals surface area contributed by atoms with E-state index in [-0.39, 0.29) is 5.78 Å². The molecule has 0 unspecified atom stereocenters. The highest BCUT2D eigenvalue weighted by Gasteiger charge is 2.21. The lowest BCUT2D eigenvalue weighted by Crippen LogP contribution is -2.09. The lowest BCUT2D eigenvalue weighted by atomic mass is 9.94. The number of ketones is 1. The Morgan fingerprint density at radius 1 is 0.938 bits per heavy atom. The molecular formula is C26H26N2O4. The second-order valence-electron chi connectivity index (χ2n) is 7.53. The third-order valence-electron chi connectivity index (χ3n) is 5.38. The van der Waals surface area contributed by atoms with Crippen LogP contribution < -0.4 is 0 Å². The Morgan fingerprint density at radius 3 is 2.19 bits per heavy atom. The Kier molecular flexibility index (Phi) is 6.73. The molecular weight excluding hydrogens is 404 g/mol. The van der Waals surface area contributed by atoms with Crippen LogP contribution in [0.5, 0.6) is 0 Å². The highest BCUT2D eigenvalue weighted by atomic mass is 16.4. The zero-order valence-corrected chi connectivity index (χ0v) is 18.6. The van der Waals surface area contributed by atoms with Crippen molar-refractivity contribution in [1.82, 2.24) is 4.57 Å². The van der Waals surface area contributed by atoms with E-state index in [1.807, 2.05) is 55.5 Å². The summed E-state index contributed by atoms with van der Waals surface area (Å²) in [6, 6.07) is 19.6. The maximum atomic E-state index is 13.6. The van der Waals surface area contributed by atoms with Crippen molar-refractivity contribution in [2.75, 3.05) is 0 Å². The van der Waals surface area contributed by atoms with Crippen molar-refractivity contribution in [3.8, 4) is 0 Å². The predicted molar refractivity (Wildman–Crippen MR) is 127 cm³/mol. The molecule has 0 atom stereocenters. The summed E-state index contributed by atoms with van der Waals surface area (Å²) in [6.45, 7) is 7.61. The van der Waals surface area contributed by atoms with Gasteiger partial charge >= 0.3 is 0 Å². The van der Waals surface area contributed by atoms with Crippen molar-refractivity contribution in [3.63, 3.8) is 0 Å². The smallest absolute Gasteiger partial charge is 0.300 e. The summed E-state index contributed by atoms with van der Waals surface area (Å²) in [7, 11) is 0. The van der Waals surface area contributed by atoms with E-state index in [0.717, 1.165) is 46.4 Å². The largest absolute Gasteiger partial charge is 0.481 e. The molecule has 0 amide bonds. The SMILES string of the molecule is CC(=O)O.CCn1c2ccccc2c2cc(C(C)=NO)cc(C(=O)c3ccccc3C)c21. The van der Waals surface area contributed by atoms with Crippen molar-refractivity contribution < 1.29 is 19.9 Å². The molecule has 2 N–H and O–H groups in total. The number of carboxylic acid groups (broad SMARTS) is 1. The second kappa shape index (κ2) is 9.47. The van der Waals surface area contributed by atoms with Gasteiger partial charge in [-0.3, -0.25) is 9.59 Å². The van der Waals surface area contributed by atoms with E-state index in [9.17, 15) is 10.0 Å². The van der Waals surface area contributed by atoms with Gasteiger partial charge in [0.1, 0.15) is 0 Å². The number of fused-ring (bicyclic) bond motifs is 3. The Bertz CT molecular complexity index is 1340. The number of hydrogen-bond donors (Lipinski definition) is 2. The first-order chi connectivity index (χ1) is 15.3. The summed E-state index contributed by atoms with van der Waals surface area (Å²) < 4.78 is 2.19. The molecule has 1 heterocycles. The van der Waals surface area contributed by atoms with E-state index in [1.54, 1.807) is 6.92 Å². The molecule has 4 rings (SSSR count). The van der Waals surface area contributed by atoms with Gasteiger partial charge in [0.2, 0.25) is 0 Å². The van der Waals surface area contributed by atoms with Gasteiger partial charge in [-0.25, -0.2) is 0 Å². The van der Waals surface area contributed by atoms with Crippen LogP contribution in [0.2, 0.25) is 0 Å². The molecule has 6 heteroatoms. The minimum Gasteiger partial charge on any atom is -0.481 e. The van der Waals surface area contributed by atoms with Gasteiger partial charge in [-0.15, -0.1) is 0 Å². The number of aryl methyl sites for hydroxylation is 2. The molecule has 32 heavy (non-hydrogen) atoms. The van der Waals surface area contributed by atoms with Crippen LogP contribution in [0.4, 0.5) is 0 Å². The number of para-hydroxylation sites is 1. The van der Waals surface area contributed by atoms with Gasteiger partial charge in [0.05, 0.1) is 11.2 Å². The van der Waals surface area contributed by atoms with Crippen LogP contribution >= 0.6 is 0 Å². The third-order valence-corrected chi connectivity index (χ3v) is 5.38. The summed E-state index contributed by atoms with van der Waals surface area (Å²) in [4.78, 5) is 22.6. The van der Waals surface area contributed by atoms with Crippen molar-refractivity contribution in [3.05, 3.63) is 82.9 Å². The molecule has 6 nitrogen and oxygen atoms in total. The molecule has 0 aliphatic rings. The van der Waals surface area contributed by atoms with E-state index in [2.05, 4.69) is 28.8 Å². The average molecular weight is 431 g/mol. The first-order valence-electron chi connectivity index (χ1n) is 10.3. The van der Waals surface area contributed by atoms with Gasteiger partial charge in [0.15, 0.2) is 5.78 Å². The number of carboxylic acids is 1. The van der Waals surface area contributed by atoms with Crippen LogP contribution in [0.3, 0.4) is 0 Å². The molecule has 0 fully saturated rings. The van der Waals surface area contributed by atoms with Crippen LogP contribution in [0, 0.1) is 6.92 Å². The van der Waals surface area contributed by atoms with Crippen molar-refractivity contribution in [2.24, 2.45) is 5.16 Å². The van der Waals surface area contributed by atoms with Crippen LogP contribution in [-0.4, -0.2) is 32.3 Å². The standard InChI is InChI=1S/C24H22N2O2.C2H4O2/c1-4-26-22-12-8-7-11-19(22)20-13-17(16(3)25-28)14-21(23(20)26)24(27)18-10-6-5-9-15(18)2;1-2(3)4/h5-14,28H,4H2,1-3H3;1H3,(H,3,4). The monoisotopic (exact) mass is 430 g/mol. The molecule has 0 aliphatic carbocycles. The molecule has 0 saturated carbocycles. The van der Waals surface area contributed by atoms with Crippen molar-refractivity contribution in [1.29, 1.82) is 0 Å². The number of oxime groups is 1. The van der Waals surface area contributed by atoms with Gasteiger partial charge < -0.3 is 14.9 Å². The number of benzene rings is 3. The summed E-state index contributed by atoms with van der Waals surface area (Å²) in [5, 5.41) is 22.2. The fourth-order valence-corrected chi connectivity index (χ4v) is 3.93. The van der Waals surface area contributed by atoms with Gasteiger partial charge in [-0.2, -0.15) is 0 Å². The van der Waals surface area contributed by atoms with Crippen LogP contribution in [0.15, 0.2) is 65.8 Å². The predicted octanol–water partition coefficient (Wildman–Crippen LogP) is 5.64. The molecule has 3 aromatic carbocycles. The summed E-state index contributed by atoms with van der Waals surface area (Å²) in [5.41, 5.74) is 5.49. The number of hydrogen-bond acceptors (Lipinski definition) is 4. The first kappa shape index (κ1) is 22.7. The fourth-order valence-electron chi connectivity index (χ4n) is 3.93. The summed E-state index contributed by atoms with van der Waals surface area (Å²) >= 11 is 0. The van der Waals surface area contributed by atoms with E-state index in [1.165, 1.54) is 0 Å². The molecule has 0 bridgehead atoms. The number of carbonyl (C=O) groups excluding carboxylic acids is 1. The average Bonchev–Trinajstić information content (AvgIpc) is 3.11. The van der Waals surface area contributed by atoms with Crippen molar-refractivity contribution >= 4 is 39.3 Å². The molecule has 1 aromatic heterocycles. The number of nitrogens with zero attached hydrogens (tertiary/aromatic N) is 2. The molecule has 4 aromatic rings. The quantitative estimate of drug-likeness (QED) is 0.190. The minimum absolute atomic E-state index is 0.0202. The van der Waals surface area contributed by atoms with E-state index >= 15 is 0 Å². The van der Waals surface area contributed by atoms with E-state index in [4.69, 9.17) is 9.90 Å². The Morgan fingerprint density at radius 2 is 1.56 bits per heavy atom. The van der Waals surface area contributed by atoms with Gasteiger partial charge in [-0.05, 0) is 44.5 Å². The van der Waals surface area contributed by atoms with E-state index in [0.29, 0.717) is 16.8 Å². The second-order valence-corrected chi connectivity index (χ2v) is 7.53. The van der Waals surface area contributed by atoms with Crippen LogP contribution in [0.1, 0.15) is 47.8 Å².